The molecule has 28 heavy (non-hydrogen) atoms. The van der Waals surface area contributed by atoms with Crippen LogP contribution in [0.2, 0.25) is 0 Å². The van der Waals surface area contributed by atoms with Gasteiger partial charge >= 0.3 is 0 Å². The molecule has 0 radical (unpaired) electrons. The molecular weight excluding hydrogens is 378 g/mol. The molecule has 3 nitrogen and oxygen atoms in total. The van der Waals surface area contributed by atoms with Crippen LogP contribution in [0, 0.1) is 11.6 Å². The van der Waals surface area contributed by atoms with Crippen molar-refractivity contribution in [2.45, 2.75) is 13.0 Å². The van der Waals surface area contributed by atoms with Crippen molar-refractivity contribution in [3.8, 4) is 0 Å². The number of carbonyl (C=O) groups excluding carboxylic acids is 1. The molecule has 0 fully saturated rings. The first-order valence-corrected chi connectivity index (χ1v) is 9.52. The molecule has 3 aromatic carbocycles. The van der Waals surface area contributed by atoms with Crippen LogP contribution in [-0.4, -0.2) is 10.5 Å². The fourth-order valence-corrected chi connectivity index (χ4v) is 4.36. The average molecular weight is 394 g/mol. The molecule has 0 saturated heterocycles. The molecule has 0 unspecified atom stereocenters. The number of nitrogens with zero attached hydrogens (tertiary/aromatic N) is 2. The Morgan fingerprint density at radius 2 is 1.93 bits per heavy atom. The van der Waals surface area contributed by atoms with E-state index in [4.69, 9.17) is 0 Å². The highest BCUT2D eigenvalue weighted by Gasteiger charge is 2.14. The predicted octanol–water partition coefficient (Wildman–Crippen LogP) is 4.99. The minimum absolute atomic E-state index is 0.126. The number of hydrogen-bond donors (Lipinski definition) is 0. The summed E-state index contributed by atoms with van der Waals surface area (Å²) in [7, 11) is 0. The Morgan fingerprint density at radius 1 is 1.14 bits per heavy atom. The molecule has 1 aromatic heterocycles. The van der Waals surface area contributed by atoms with Crippen LogP contribution in [0.25, 0.3) is 21.0 Å². The minimum Gasteiger partial charge on any atom is -0.310 e. The first-order chi connectivity index (χ1) is 13.6. The zero-order valence-corrected chi connectivity index (χ0v) is 15.7. The standard InChI is InChI=1S/C22H16F2N2OS/c1-2-10-26-21-18(24)12-16(23)13-19(21)28-22(26)25-20(27)11-15-8-5-7-14-6-3-4-9-17(14)15/h2-9,12-13H,1,10-11H2. The predicted molar refractivity (Wildman–Crippen MR) is 108 cm³/mol. The quantitative estimate of drug-likeness (QED) is 0.449. The van der Waals surface area contributed by atoms with Crippen LogP contribution in [0.1, 0.15) is 5.56 Å². The Morgan fingerprint density at radius 3 is 2.75 bits per heavy atom. The number of hydrogen-bond acceptors (Lipinski definition) is 2. The third-order valence-electron chi connectivity index (χ3n) is 4.45. The summed E-state index contributed by atoms with van der Waals surface area (Å²) in [5, 5.41) is 2.05. The molecule has 1 amide bonds. The number of rotatable bonds is 4. The van der Waals surface area contributed by atoms with E-state index in [-0.39, 0.29) is 24.4 Å². The number of thiazole rings is 1. The zero-order chi connectivity index (χ0) is 19.7. The Balaban J connectivity index is 1.78. The molecule has 4 rings (SSSR count). The highest BCUT2D eigenvalue weighted by Crippen LogP contribution is 2.23. The molecule has 0 aliphatic rings. The molecule has 0 aliphatic carbocycles. The van der Waals surface area contributed by atoms with Crippen LogP contribution in [0.15, 0.2) is 72.2 Å². The SMILES string of the molecule is C=CCn1c(=NC(=O)Cc2cccc3ccccc23)sc2cc(F)cc(F)c21. The smallest absolute Gasteiger partial charge is 0.252 e. The summed E-state index contributed by atoms with van der Waals surface area (Å²) in [6.45, 7) is 3.94. The molecule has 0 spiro atoms. The lowest BCUT2D eigenvalue weighted by molar-refractivity contribution is -0.117. The van der Waals surface area contributed by atoms with Gasteiger partial charge in [-0.2, -0.15) is 4.99 Å². The third kappa shape index (κ3) is 3.39. The highest BCUT2D eigenvalue weighted by atomic mass is 32.1. The second-order valence-corrected chi connectivity index (χ2v) is 7.35. The second-order valence-electron chi connectivity index (χ2n) is 6.34. The van der Waals surface area contributed by atoms with Crippen molar-refractivity contribution in [3.63, 3.8) is 0 Å². The number of aromatic nitrogens is 1. The van der Waals surface area contributed by atoms with E-state index in [1.807, 2.05) is 42.5 Å². The fourth-order valence-electron chi connectivity index (χ4n) is 3.27. The first-order valence-electron chi connectivity index (χ1n) is 8.70. The van der Waals surface area contributed by atoms with Crippen molar-refractivity contribution in [2.24, 2.45) is 4.99 Å². The summed E-state index contributed by atoms with van der Waals surface area (Å²) in [6.07, 6.45) is 1.71. The lowest BCUT2D eigenvalue weighted by atomic mass is 10.0. The van der Waals surface area contributed by atoms with E-state index < -0.39 is 11.6 Å². The largest absolute Gasteiger partial charge is 0.310 e. The molecule has 0 N–H and O–H groups in total. The number of fused-ring (bicyclic) bond motifs is 2. The van der Waals surface area contributed by atoms with Gasteiger partial charge in [0, 0.05) is 12.6 Å². The Labute approximate surface area is 163 Å². The van der Waals surface area contributed by atoms with Gasteiger partial charge in [-0.05, 0) is 22.4 Å². The van der Waals surface area contributed by atoms with Gasteiger partial charge in [-0.15, -0.1) is 6.58 Å². The summed E-state index contributed by atoms with van der Waals surface area (Å²) in [5.41, 5.74) is 1.10. The van der Waals surface area contributed by atoms with Crippen LogP contribution in [0.5, 0.6) is 0 Å². The highest BCUT2D eigenvalue weighted by molar-refractivity contribution is 7.16. The van der Waals surface area contributed by atoms with E-state index in [9.17, 15) is 13.6 Å². The summed E-state index contributed by atoms with van der Waals surface area (Å²) in [5.74, 6) is -1.69. The molecular formula is C22H16F2N2OS. The summed E-state index contributed by atoms with van der Waals surface area (Å²) < 4.78 is 29.8. The molecule has 1 heterocycles. The average Bonchev–Trinajstić information content (AvgIpc) is 2.99. The number of halogens is 2. The third-order valence-corrected chi connectivity index (χ3v) is 5.47. The van der Waals surface area contributed by atoms with E-state index in [0.717, 1.165) is 33.7 Å². The summed E-state index contributed by atoms with van der Waals surface area (Å²) in [4.78, 5) is 17.2. The van der Waals surface area contributed by atoms with Gasteiger partial charge < -0.3 is 4.57 Å². The van der Waals surface area contributed by atoms with E-state index in [0.29, 0.717) is 9.50 Å². The van der Waals surface area contributed by atoms with Crippen LogP contribution in [-0.2, 0) is 17.8 Å². The lowest BCUT2D eigenvalue weighted by Gasteiger charge is -2.04. The second kappa shape index (κ2) is 7.48. The molecule has 6 heteroatoms. The van der Waals surface area contributed by atoms with Crippen LogP contribution in [0.3, 0.4) is 0 Å². The van der Waals surface area contributed by atoms with Gasteiger partial charge in [-0.1, -0.05) is 59.9 Å². The van der Waals surface area contributed by atoms with Gasteiger partial charge in [0.25, 0.3) is 5.91 Å². The molecule has 0 atom stereocenters. The number of carbonyl (C=O) groups is 1. The van der Waals surface area contributed by atoms with E-state index in [1.165, 1.54) is 6.07 Å². The van der Waals surface area contributed by atoms with Crippen LogP contribution >= 0.6 is 11.3 Å². The maximum absolute atomic E-state index is 14.3. The Bertz CT molecular complexity index is 1280. The van der Waals surface area contributed by atoms with Crippen molar-refractivity contribution in [1.82, 2.24) is 4.57 Å². The molecule has 4 aromatic rings. The van der Waals surface area contributed by atoms with Gasteiger partial charge in [0.15, 0.2) is 10.6 Å². The summed E-state index contributed by atoms with van der Waals surface area (Å²) >= 11 is 1.08. The van der Waals surface area contributed by atoms with Crippen molar-refractivity contribution in [2.75, 3.05) is 0 Å². The van der Waals surface area contributed by atoms with Gasteiger partial charge in [-0.3, -0.25) is 4.79 Å². The fraction of sp³-hybridized carbons (Fsp3) is 0.0909. The van der Waals surface area contributed by atoms with Gasteiger partial charge in [-0.25, -0.2) is 8.78 Å². The van der Waals surface area contributed by atoms with Crippen molar-refractivity contribution < 1.29 is 13.6 Å². The molecule has 0 saturated carbocycles. The number of amides is 1. The van der Waals surface area contributed by atoms with Crippen LogP contribution in [0.4, 0.5) is 8.78 Å². The topological polar surface area (TPSA) is 34.4 Å². The monoisotopic (exact) mass is 394 g/mol. The summed E-state index contributed by atoms with van der Waals surface area (Å²) in [6, 6.07) is 15.7. The Hall–Kier alpha value is -3.12. The Kier molecular flexibility index (Phi) is 4.88. The normalized spacial score (nSPS) is 12.0. The minimum atomic E-state index is -0.684. The van der Waals surface area contributed by atoms with Crippen molar-refractivity contribution in [1.29, 1.82) is 0 Å². The molecule has 0 bridgehead atoms. The number of benzene rings is 3. The van der Waals surface area contributed by atoms with Crippen molar-refractivity contribution >= 4 is 38.2 Å². The van der Waals surface area contributed by atoms with Crippen LogP contribution < -0.4 is 4.80 Å². The zero-order valence-electron chi connectivity index (χ0n) is 14.9. The van der Waals surface area contributed by atoms with Crippen molar-refractivity contribution in [3.05, 3.63) is 89.3 Å². The van der Waals surface area contributed by atoms with Gasteiger partial charge in [0.1, 0.15) is 5.82 Å². The molecule has 0 aliphatic heterocycles. The van der Waals surface area contributed by atoms with E-state index >= 15 is 0 Å². The number of allylic oxidation sites excluding steroid dienone is 1. The lowest BCUT2D eigenvalue weighted by Crippen LogP contribution is -2.17. The van der Waals surface area contributed by atoms with E-state index in [1.54, 1.807) is 10.6 Å². The maximum Gasteiger partial charge on any atom is 0.252 e. The van der Waals surface area contributed by atoms with E-state index in [2.05, 4.69) is 11.6 Å². The first kappa shape index (κ1) is 18.3. The maximum atomic E-state index is 14.3. The molecule has 140 valence electrons. The van der Waals surface area contributed by atoms with Gasteiger partial charge in [0.05, 0.1) is 16.6 Å². The van der Waals surface area contributed by atoms with Gasteiger partial charge in [0.2, 0.25) is 0 Å².